The summed E-state index contributed by atoms with van der Waals surface area (Å²) < 4.78 is 6.51. The summed E-state index contributed by atoms with van der Waals surface area (Å²) in [7, 11) is 0. The molecule has 0 fully saturated rings. The summed E-state index contributed by atoms with van der Waals surface area (Å²) in [6, 6.07) is 48.7. The van der Waals surface area contributed by atoms with Gasteiger partial charge in [-0.25, -0.2) is 0 Å². The maximum Gasteiger partial charge on any atom is 0.135 e. The highest BCUT2D eigenvalue weighted by molar-refractivity contribution is 5.97. The van der Waals surface area contributed by atoms with Gasteiger partial charge in [-0.2, -0.15) is 0 Å². The first-order valence-corrected chi connectivity index (χ1v) is 14.4. The number of hydrogen-bond acceptors (Lipinski definition) is 3. The molecule has 0 saturated heterocycles. The van der Waals surface area contributed by atoms with Crippen molar-refractivity contribution in [2.24, 2.45) is 0 Å². The number of benzene rings is 5. The monoisotopic (exact) mass is 550 g/mol. The van der Waals surface area contributed by atoms with Crippen molar-refractivity contribution < 1.29 is 4.42 Å². The highest BCUT2D eigenvalue weighted by Crippen LogP contribution is 2.39. The van der Waals surface area contributed by atoms with Crippen LogP contribution in [0.3, 0.4) is 0 Å². The van der Waals surface area contributed by atoms with Crippen molar-refractivity contribution in [2.45, 2.75) is 0 Å². The molecule has 0 radical (unpaired) electrons. The second-order valence-corrected chi connectivity index (χ2v) is 10.7. The van der Waals surface area contributed by atoms with Gasteiger partial charge in [0.25, 0.3) is 0 Å². The summed E-state index contributed by atoms with van der Waals surface area (Å²) in [5.74, 6) is 1.66. The predicted octanol–water partition coefficient (Wildman–Crippen LogP) is 10.7. The molecule has 0 aliphatic rings. The number of fused-ring (bicyclic) bond motifs is 2. The van der Waals surface area contributed by atoms with Gasteiger partial charge in [-0.05, 0) is 87.1 Å². The van der Waals surface area contributed by atoms with E-state index in [9.17, 15) is 0 Å². The van der Waals surface area contributed by atoms with E-state index in [0.717, 1.165) is 55.8 Å². The fraction of sp³-hybridized carbons (Fsp3) is 0. The zero-order valence-electron chi connectivity index (χ0n) is 23.3. The zero-order valence-corrected chi connectivity index (χ0v) is 23.3. The Morgan fingerprint density at radius 3 is 2.00 bits per heavy atom. The SMILES string of the molecule is c1ccc2ncc(-c3ccc(-c4ccc(-c5ccc(-c6cccc7ccccc67)cc5)o4)c(-c4ccncc4)c3)cc2c1. The number of para-hydroxylation sites is 1. The molecular formula is C40H26N2O. The summed E-state index contributed by atoms with van der Waals surface area (Å²) in [4.78, 5) is 8.93. The van der Waals surface area contributed by atoms with Crippen LogP contribution in [0.5, 0.6) is 0 Å². The lowest BCUT2D eigenvalue weighted by Gasteiger charge is -2.12. The van der Waals surface area contributed by atoms with Gasteiger partial charge in [-0.15, -0.1) is 0 Å². The molecule has 0 bridgehead atoms. The Morgan fingerprint density at radius 1 is 0.419 bits per heavy atom. The van der Waals surface area contributed by atoms with Gasteiger partial charge in [-0.1, -0.05) is 91.0 Å². The number of pyridine rings is 2. The molecule has 3 heteroatoms. The van der Waals surface area contributed by atoms with Crippen LogP contribution in [0.2, 0.25) is 0 Å². The molecule has 202 valence electrons. The summed E-state index contributed by atoms with van der Waals surface area (Å²) in [5, 5.41) is 3.62. The smallest absolute Gasteiger partial charge is 0.135 e. The van der Waals surface area contributed by atoms with Gasteiger partial charge in [0.15, 0.2) is 0 Å². The van der Waals surface area contributed by atoms with Crippen LogP contribution in [0.25, 0.3) is 77.7 Å². The molecule has 0 atom stereocenters. The molecule has 0 aliphatic carbocycles. The standard InChI is InChI=1S/C40H26N2O/c1-3-9-34-27(6-1)8-5-10-35(34)28-12-14-30(15-13-28)39-18-19-40(43-39)36-17-16-31(25-37(36)29-20-22-41-23-21-29)33-24-32-7-2-4-11-38(32)42-26-33/h1-26H. The van der Waals surface area contributed by atoms with Gasteiger partial charge >= 0.3 is 0 Å². The molecule has 3 aromatic heterocycles. The second-order valence-electron chi connectivity index (χ2n) is 10.7. The van der Waals surface area contributed by atoms with Crippen LogP contribution in [0, 0.1) is 0 Å². The molecule has 0 amide bonds. The predicted molar refractivity (Wildman–Crippen MR) is 176 cm³/mol. The largest absolute Gasteiger partial charge is 0.456 e. The van der Waals surface area contributed by atoms with Crippen molar-refractivity contribution in [3.8, 4) is 56.0 Å². The fourth-order valence-electron chi connectivity index (χ4n) is 5.87. The Bertz CT molecular complexity index is 2230. The van der Waals surface area contributed by atoms with Crippen molar-refractivity contribution >= 4 is 21.7 Å². The topological polar surface area (TPSA) is 38.9 Å². The minimum Gasteiger partial charge on any atom is -0.456 e. The van der Waals surface area contributed by atoms with E-state index in [1.807, 2.05) is 48.9 Å². The van der Waals surface area contributed by atoms with E-state index in [1.54, 1.807) is 0 Å². The quantitative estimate of drug-likeness (QED) is 0.214. The third-order valence-corrected chi connectivity index (χ3v) is 8.08. The number of rotatable bonds is 5. The van der Waals surface area contributed by atoms with E-state index in [2.05, 4.69) is 119 Å². The number of furan rings is 1. The van der Waals surface area contributed by atoms with Gasteiger partial charge in [0.1, 0.15) is 11.5 Å². The first kappa shape index (κ1) is 25.0. The van der Waals surface area contributed by atoms with E-state index in [1.165, 1.54) is 21.9 Å². The van der Waals surface area contributed by atoms with Crippen LogP contribution in [0.4, 0.5) is 0 Å². The van der Waals surface area contributed by atoms with E-state index < -0.39 is 0 Å². The van der Waals surface area contributed by atoms with Gasteiger partial charge in [-0.3, -0.25) is 9.97 Å². The molecule has 0 spiro atoms. The molecule has 8 rings (SSSR count). The number of hydrogen-bond donors (Lipinski definition) is 0. The Morgan fingerprint density at radius 2 is 1.12 bits per heavy atom. The van der Waals surface area contributed by atoms with E-state index in [4.69, 9.17) is 4.42 Å². The van der Waals surface area contributed by atoms with Gasteiger partial charge in [0.05, 0.1) is 5.52 Å². The Kier molecular flexibility index (Phi) is 6.12. The average molecular weight is 551 g/mol. The minimum absolute atomic E-state index is 0.822. The molecule has 3 heterocycles. The average Bonchev–Trinajstić information content (AvgIpc) is 3.58. The van der Waals surface area contributed by atoms with Crippen molar-refractivity contribution in [1.29, 1.82) is 0 Å². The summed E-state index contributed by atoms with van der Waals surface area (Å²) in [5.41, 5.74) is 9.82. The highest BCUT2D eigenvalue weighted by atomic mass is 16.3. The highest BCUT2D eigenvalue weighted by Gasteiger charge is 2.15. The molecule has 43 heavy (non-hydrogen) atoms. The molecule has 0 saturated carbocycles. The van der Waals surface area contributed by atoms with Crippen LogP contribution in [-0.2, 0) is 0 Å². The van der Waals surface area contributed by atoms with E-state index in [0.29, 0.717) is 0 Å². The molecule has 8 aromatic rings. The molecule has 3 nitrogen and oxygen atoms in total. The minimum atomic E-state index is 0.822. The van der Waals surface area contributed by atoms with Gasteiger partial charge in [0, 0.05) is 40.7 Å². The molecule has 0 aliphatic heterocycles. The summed E-state index contributed by atoms with van der Waals surface area (Å²) >= 11 is 0. The van der Waals surface area contributed by atoms with Crippen LogP contribution in [0.15, 0.2) is 163 Å². The van der Waals surface area contributed by atoms with Gasteiger partial charge in [0.2, 0.25) is 0 Å². The Hall–Kier alpha value is -5.80. The summed E-state index contributed by atoms with van der Waals surface area (Å²) in [6.07, 6.45) is 5.60. The lowest BCUT2D eigenvalue weighted by molar-refractivity contribution is 0.597. The van der Waals surface area contributed by atoms with Crippen molar-refractivity contribution in [2.75, 3.05) is 0 Å². The normalized spacial score (nSPS) is 11.3. The first-order chi connectivity index (χ1) is 21.3. The molecule has 5 aromatic carbocycles. The number of nitrogens with zero attached hydrogens (tertiary/aromatic N) is 2. The van der Waals surface area contributed by atoms with Crippen LogP contribution in [-0.4, -0.2) is 9.97 Å². The zero-order chi connectivity index (χ0) is 28.6. The first-order valence-electron chi connectivity index (χ1n) is 14.4. The molecular weight excluding hydrogens is 524 g/mol. The van der Waals surface area contributed by atoms with E-state index in [-0.39, 0.29) is 0 Å². The van der Waals surface area contributed by atoms with Crippen molar-refractivity contribution in [3.05, 3.63) is 158 Å². The Balaban J connectivity index is 1.16. The molecule has 0 unspecified atom stereocenters. The third-order valence-electron chi connectivity index (χ3n) is 8.08. The Labute approximate surface area is 249 Å². The van der Waals surface area contributed by atoms with Crippen LogP contribution in [0.1, 0.15) is 0 Å². The van der Waals surface area contributed by atoms with Gasteiger partial charge < -0.3 is 4.42 Å². The van der Waals surface area contributed by atoms with Crippen LogP contribution < -0.4 is 0 Å². The lowest BCUT2D eigenvalue weighted by atomic mass is 9.94. The number of aromatic nitrogens is 2. The molecule has 0 N–H and O–H groups in total. The summed E-state index contributed by atoms with van der Waals surface area (Å²) in [6.45, 7) is 0. The van der Waals surface area contributed by atoms with E-state index >= 15 is 0 Å². The van der Waals surface area contributed by atoms with Crippen molar-refractivity contribution in [1.82, 2.24) is 9.97 Å². The maximum absolute atomic E-state index is 6.51. The maximum atomic E-state index is 6.51. The lowest BCUT2D eigenvalue weighted by Crippen LogP contribution is -1.88. The van der Waals surface area contributed by atoms with Crippen LogP contribution >= 0.6 is 0 Å². The van der Waals surface area contributed by atoms with Crippen molar-refractivity contribution in [3.63, 3.8) is 0 Å². The second kappa shape index (κ2) is 10.6. The fourth-order valence-corrected chi connectivity index (χ4v) is 5.87. The third kappa shape index (κ3) is 4.67.